The molecular formula is C10H18O3. The first-order valence-corrected chi connectivity index (χ1v) is 5.11. The minimum absolute atomic E-state index is 0.229. The third-order valence-corrected chi connectivity index (χ3v) is 2.79. The van der Waals surface area contributed by atoms with E-state index in [9.17, 15) is 9.90 Å². The summed E-state index contributed by atoms with van der Waals surface area (Å²) in [4.78, 5) is 10.8. The van der Waals surface area contributed by atoms with E-state index in [-0.39, 0.29) is 12.0 Å². The molecule has 0 radical (unpaired) electrons. The molecule has 1 aliphatic rings. The van der Waals surface area contributed by atoms with Gasteiger partial charge in [-0.15, -0.1) is 0 Å². The SMILES string of the molecule is O=C(O)C1CCCCCC(O)CC1. The quantitative estimate of drug-likeness (QED) is 0.656. The first-order chi connectivity index (χ1) is 6.20. The average molecular weight is 186 g/mol. The monoisotopic (exact) mass is 186 g/mol. The number of aliphatic carboxylic acids is 1. The topological polar surface area (TPSA) is 57.5 Å². The Balaban J connectivity index is 2.42. The van der Waals surface area contributed by atoms with Crippen LogP contribution in [0.3, 0.4) is 0 Å². The maximum absolute atomic E-state index is 10.8. The zero-order valence-electron chi connectivity index (χ0n) is 7.91. The molecule has 1 saturated carbocycles. The standard InChI is InChI=1S/C10H18O3/c11-9-5-3-1-2-4-8(6-7-9)10(12)13/h8-9,11H,1-7H2,(H,12,13). The molecule has 0 aromatic heterocycles. The van der Waals surface area contributed by atoms with Crippen molar-refractivity contribution in [3.63, 3.8) is 0 Å². The normalized spacial score (nSPS) is 31.5. The summed E-state index contributed by atoms with van der Waals surface area (Å²) in [5.41, 5.74) is 0. The number of rotatable bonds is 1. The molecule has 2 unspecified atom stereocenters. The highest BCUT2D eigenvalue weighted by atomic mass is 16.4. The lowest BCUT2D eigenvalue weighted by Crippen LogP contribution is -2.15. The van der Waals surface area contributed by atoms with Crippen LogP contribution < -0.4 is 0 Å². The van der Waals surface area contributed by atoms with Crippen molar-refractivity contribution in [1.29, 1.82) is 0 Å². The van der Waals surface area contributed by atoms with Crippen LogP contribution in [0.2, 0.25) is 0 Å². The second-order valence-electron chi connectivity index (χ2n) is 3.90. The highest BCUT2D eigenvalue weighted by Crippen LogP contribution is 2.22. The molecule has 0 aromatic rings. The molecular weight excluding hydrogens is 168 g/mol. The van der Waals surface area contributed by atoms with Crippen molar-refractivity contribution in [2.24, 2.45) is 5.92 Å². The Hall–Kier alpha value is -0.570. The Labute approximate surface area is 78.8 Å². The molecule has 0 amide bonds. The van der Waals surface area contributed by atoms with Gasteiger partial charge in [-0.1, -0.05) is 19.3 Å². The van der Waals surface area contributed by atoms with Crippen LogP contribution in [0.1, 0.15) is 44.9 Å². The van der Waals surface area contributed by atoms with E-state index in [0.29, 0.717) is 12.8 Å². The first-order valence-electron chi connectivity index (χ1n) is 5.11. The van der Waals surface area contributed by atoms with Crippen LogP contribution in [0.4, 0.5) is 0 Å². The summed E-state index contributed by atoms with van der Waals surface area (Å²) >= 11 is 0. The molecule has 0 spiro atoms. The Kier molecular flexibility index (Phi) is 4.22. The van der Waals surface area contributed by atoms with Crippen molar-refractivity contribution in [3.8, 4) is 0 Å². The fraction of sp³-hybridized carbons (Fsp3) is 0.900. The highest BCUT2D eigenvalue weighted by molar-refractivity contribution is 5.69. The van der Waals surface area contributed by atoms with E-state index in [0.717, 1.165) is 32.1 Å². The van der Waals surface area contributed by atoms with E-state index in [4.69, 9.17) is 5.11 Å². The molecule has 0 heterocycles. The summed E-state index contributed by atoms with van der Waals surface area (Å²) in [6, 6.07) is 0. The zero-order valence-corrected chi connectivity index (χ0v) is 7.91. The molecule has 1 fully saturated rings. The number of carbonyl (C=O) groups is 1. The molecule has 13 heavy (non-hydrogen) atoms. The number of hydrogen-bond acceptors (Lipinski definition) is 2. The summed E-state index contributed by atoms with van der Waals surface area (Å²) in [5, 5.41) is 18.3. The van der Waals surface area contributed by atoms with E-state index >= 15 is 0 Å². The molecule has 0 saturated heterocycles. The molecule has 1 aliphatic carbocycles. The van der Waals surface area contributed by atoms with Crippen molar-refractivity contribution < 1.29 is 15.0 Å². The lowest BCUT2D eigenvalue weighted by molar-refractivity contribution is -0.142. The molecule has 2 atom stereocenters. The lowest BCUT2D eigenvalue weighted by atomic mass is 9.97. The zero-order chi connectivity index (χ0) is 9.68. The second kappa shape index (κ2) is 5.22. The van der Waals surface area contributed by atoms with Gasteiger partial charge in [0.2, 0.25) is 0 Å². The van der Waals surface area contributed by atoms with E-state index in [1.54, 1.807) is 0 Å². The maximum atomic E-state index is 10.8. The number of carboxylic acids is 1. The van der Waals surface area contributed by atoms with Crippen LogP contribution in [-0.4, -0.2) is 22.3 Å². The van der Waals surface area contributed by atoms with E-state index in [2.05, 4.69) is 0 Å². The van der Waals surface area contributed by atoms with Gasteiger partial charge >= 0.3 is 5.97 Å². The van der Waals surface area contributed by atoms with Crippen molar-refractivity contribution in [2.75, 3.05) is 0 Å². The summed E-state index contributed by atoms with van der Waals surface area (Å²) in [6.07, 6.45) is 5.71. The van der Waals surface area contributed by atoms with Gasteiger partial charge in [-0.2, -0.15) is 0 Å². The third kappa shape index (κ3) is 3.77. The van der Waals surface area contributed by atoms with Crippen molar-refractivity contribution in [3.05, 3.63) is 0 Å². The van der Waals surface area contributed by atoms with Crippen LogP contribution in [0.5, 0.6) is 0 Å². The Morgan fingerprint density at radius 2 is 1.69 bits per heavy atom. The van der Waals surface area contributed by atoms with Crippen LogP contribution in [0.15, 0.2) is 0 Å². The predicted octanol–water partition coefficient (Wildman–Crippen LogP) is 1.79. The molecule has 0 aromatic carbocycles. The van der Waals surface area contributed by atoms with Gasteiger partial charge < -0.3 is 10.2 Å². The van der Waals surface area contributed by atoms with Gasteiger partial charge in [-0.3, -0.25) is 4.79 Å². The van der Waals surface area contributed by atoms with E-state index < -0.39 is 5.97 Å². The van der Waals surface area contributed by atoms with Crippen molar-refractivity contribution in [1.82, 2.24) is 0 Å². The van der Waals surface area contributed by atoms with E-state index in [1.165, 1.54) is 0 Å². The van der Waals surface area contributed by atoms with Gasteiger partial charge in [0.25, 0.3) is 0 Å². The fourth-order valence-corrected chi connectivity index (χ4v) is 1.88. The number of hydrogen-bond donors (Lipinski definition) is 2. The average Bonchev–Trinajstić information content (AvgIpc) is 2.17. The van der Waals surface area contributed by atoms with Crippen LogP contribution in [-0.2, 0) is 4.79 Å². The predicted molar refractivity (Wildman–Crippen MR) is 49.5 cm³/mol. The van der Waals surface area contributed by atoms with Gasteiger partial charge in [0.05, 0.1) is 12.0 Å². The first kappa shape index (κ1) is 10.5. The number of carboxylic acid groups (broad SMARTS) is 1. The molecule has 0 aliphatic heterocycles. The Bertz CT molecular complexity index is 168. The largest absolute Gasteiger partial charge is 0.481 e. The highest BCUT2D eigenvalue weighted by Gasteiger charge is 2.19. The van der Waals surface area contributed by atoms with Gasteiger partial charge in [0.1, 0.15) is 0 Å². The smallest absolute Gasteiger partial charge is 0.306 e. The van der Waals surface area contributed by atoms with Gasteiger partial charge in [0.15, 0.2) is 0 Å². The minimum atomic E-state index is -0.700. The molecule has 2 N–H and O–H groups in total. The molecule has 1 rings (SSSR count). The van der Waals surface area contributed by atoms with Crippen LogP contribution in [0.25, 0.3) is 0 Å². The summed E-state index contributed by atoms with van der Waals surface area (Å²) in [7, 11) is 0. The minimum Gasteiger partial charge on any atom is -0.481 e. The van der Waals surface area contributed by atoms with Crippen molar-refractivity contribution >= 4 is 5.97 Å². The lowest BCUT2D eigenvalue weighted by Gasteiger charge is -2.11. The Morgan fingerprint density at radius 3 is 2.38 bits per heavy atom. The summed E-state index contributed by atoms with van der Waals surface area (Å²) in [6.45, 7) is 0. The van der Waals surface area contributed by atoms with Gasteiger partial charge in [-0.05, 0) is 25.7 Å². The van der Waals surface area contributed by atoms with Gasteiger partial charge in [-0.25, -0.2) is 0 Å². The summed E-state index contributed by atoms with van der Waals surface area (Å²) in [5.74, 6) is -0.929. The third-order valence-electron chi connectivity index (χ3n) is 2.79. The number of aliphatic hydroxyl groups is 1. The maximum Gasteiger partial charge on any atom is 0.306 e. The second-order valence-corrected chi connectivity index (χ2v) is 3.90. The number of aliphatic hydroxyl groups excluding tert-OH is 1. The van der Waals surface area contributed by atoms with Crippen LogP contribution in [0, 0.1) is 5.92 Å². The molecule has 3 nitrogen and oxygen atoms in total. The van der Waals surface area contributed by atoms with Crippen molar-refractivity contribution in [2.45, 2.75) is 51.0 Å². The Morgan fingerprint density at radius 1 is 1.00 bits per heavy atom. The van der Waals surface area contributed by atoms with Crippen LogP contribution >= 0.6 is 0 Å². The molecule has 76 valence electrons. The molecule has 0 bridgehead atoms. The van der Waals surface area contributed by atoms with E-state index in [1.807, 2.05) is 0 Å². The summed E-state index contributed by atoms with van der Waals surface area (Å²) < 4.78 is 0. The molecule has 3 heteroatoms. The fourth-order valence-electron chi connectivity index (χ4n) is 1.88. The van der Waals surface area contributed by atoms with Gasteiger partial charge in [0, 0.05) is 0 Å².